The lowest BCUT2D eigenvalue weighted by Gasteiger charge is -2.26. The number of hydrogen-bond donors (Lipinski definition) is 0. The van der Waals surface area contributed by atoms with Crippen LogP contribution in [-0.4, -0.2) is 63.5 Å². The maximum absolute atomic E-state index is 12.6. The van der Waals surface area contributed by atoms with Gasteiger partial charge in [-0.3, -0.25) is 4.79 Å². The normalized spacial score (nSPS) is 19.0. The first-order chi connectivity index (χ1) is 11.9. The fourth-order valence-electron chi connectivity index (χ4n) is 3.11. The highest BCUT2D eigenvalue weighted by Gasteiger charge is 2.34. The molecule has 1 amide bonds. The molecule has 0 spiro atoms. The third kappa shape index (κ3) is 3.87. The molecule has 0 radical (unpaired) electrons. The van der Waals surface area contributed by atoms with Gasteiger partial charge in [0.1, 0.15) is 6.54 Å². The number of aryl methyl sites for hydroxylation is 1. The SMILES string of the molecule is CCN(C(=O)Cn1nnc(-c2ccccc2C)n1)[C@H]1CCS(=O)(=O)C1. The monoisotopic (exact) mass is 363 g/mol. The predicted octanol–water partition coefficient (Wildman–Crippen LogP) is 0.684. The lowest BCUT2D eigenvalue weighted by Crippen LogP contribution is -2.42. The van der Waals surface area contributed by atoms with Crippen molar-refractivity contribution in [1.29, 1.82) is 0 Å². The Morgan fingerprint density at radius 2 is 2.12 bits per heavy atom. The number of nitrogens with zero attached hydrogens (tertiary/aromatic N) is 5. The van der Waals surface area contributed by atoms with E-state index in [4.69, 9.17) is 0 Å². The van der Waals surface area contributed by atoms with Crippen LogP contribution in [0.5, 0.6) is 0 Å². The molecular weight excluding hydrogens is 342 g/mol. The molecule has 2 aromatic rings. The van der Waals surface area contributed by atoms with Gasteiger partial charge >= 0.3 is 0 Å². The van der Waals surface area contributed by atoms with E-state index in [0.717, 1.165) is 11.1 Å². The van der Waals surface area contributed by atoms with Gasteiger partial charge in [-0.15, -0.1) is 10.2 Å². The van der Waals surface area contributed by atoms with Crippen molar-refractivity contribution in [2.24, 2.45) is 0 Å². The highest BCUT2D eigenvalue weighted by atomic mass is 32.2. The number of carbonyl (C=O) groups is 1. The zero-order chi connectivity index (χ0) is 18.0. The van der Waals surface area contributed by atoms with Crippen LogP contribution < -0.4 is 0 Å². The zero-order valence-corrected chi connectivity index (χ0v) is 15.1. The minimum Gasteiger partial charge on any atom is -0.337 e. The Labute approximate surface area is 146 Å². The summed E-state index contributed by atoms with van der Waals surface area (Å²) in [6.07, 6.45) is 0.487. The van der Waals surface area contributed by atoms with E-state index in [1.807, 2.05) is 38.1 Å². The van der Waals surface area contributed by atoms with Crippen LogP contribution in [0.4, 0.5) is 0 Å². The first kappa shape index (κ1) is 17.5. The molecule has 1 saturated heterocycles. The number of amides is 1. The van der Waals surface area contributed by atoms with Crippen LogP contribution in [0.3, 0.4) is 0 Å². The molecule has 134 valence electrons. The minimum atomic E-state index is -3.04. The summed E-state index contributed by atoms with van der Waals surface area (Å²) in [5.41, 5.74) is 1.90. The minimum absolute atomic E-state index is 0.0336. The van der Waals surface area contributed by atoms with Crippen molar-refractivity contribution in [3.05, 3.63) is 29.8 Å². The van der Waals surface area contributed by atoms with E-state index in [0.29, 0.717) is 18.8 Å². The highest BCUT2D eigenvalue weighted by molar-refractivity contribution is 7.91. The average Bonchev–Trinajstić information content (AvgIpc) is 3.15. The second-order valence-electron chi connectivity index (χ2n) is 6.19. The smallest absolute Gasteiger partial charge is 0.246 e. The molecule has 0 N–H and O–H groups in total. The average molecular weight is 363 g/mol. The van der Waals surface area contributed by atoms with Gasteiger partial charge in [0.15, 0.2) is 9.84 Å². The van der Waals surface area contributed by atoms with Gasteiger partial charge in [-0.1, -0.05) is 24.3 Å². The van der Waals surface area contributed by atoms with Crippen LogP contribution in [0, 0.1) is 6.92 Å². The largest absolute Gasteiger partial charge is 0.337 e. The molecule has 1 aliphatic rings. The Morgan fingerprint density at radius 3 is 2.76 bits per heavy atom. The number of benzene rings is 1. The summed E-state index contributed by atoms with van der Waals surface area (Å²) in [7, 11) is -3.04. The molecule has 1 aliphatic heterocycles. The Hall–Kier alpha value is -2.29. The molecule has 0 saturated carbocycles. The molecule has 1 aromatic carbocycles. The Balaban J connectivity index is 1.72. The summed E-state index contributed by atoms with van der Waals surface area (Å²) in [5.74, 6) is 0.447. The van der Waals surface area contributed by atoms with E-state index >= 15 is 0 Å². The molecule has 0 bridgehead atoms. The molecule has 1 fully saturated rings. The van der Waals surface area contributed by atoms with Gasteiger partial charge in [-0.2, -0.15) is 4.80 Å². The van der Waals surface area contributed by atoms with E-state index in [9.17, 15) is 13.2 Å². The van der Waals surface area contributed by atoms with Crippen molar-refractivity contribution < 1.29 is 13.2 Å². The maximum Gasteiger partial charge on any atom is 0.246 e. The van der Waals surface area contributed by atoms with E-state index < -0.39 is 9.84 Å². The molecule has 0 unspecified atom stereocenters. The lowest BCUT2D eigenvalue weighted by atomic mass is 10.1. The Morgan fingerprint density at radius 1 is 1.36 bits per heavy atom. The van der Waals surface area contributed by atoms with Gasteiger partial charge < -0.3 is 4.90 Å². The van der Waals surface area contributed by atoms with Crippen molar-refractivity contribution in [2.45, 2.75) is 32.9 Å². The van der Waals surface area contributed by atoms with E-state index in [1.54, 1.807) is 4.90 Å². The topological polar surface area (TPSA) is 98.1 Å². The van der Waals surface area contributed by atoms with Gasteiger partial charge in [0, 0.05) is 18.2 Å². The number of aromatic nitrogens is 4. The summed E-state index contributed by atoms with van der Waals surface area (Å²) >= 11 is 0. The van der Waals surface area contributed by atoms with E-state index in [1.165, 1.54) is 4.80 Å². The summed E-state index contributed by atoms with van der Waals surface area (Å²) in [6, 6.07) is 7.43. The summed E-state index contributed by atoms with van der Waals surface area (Å²) < 4.78 is 23.3. The number of tetrazole rings is 1. The predicted molar refractivity (Wildman–Crippen MR) is 92.4 cm³/mol. The first-order valence-electron chi connectivity index (χ1n) is 8.23. The highest BCUT2D eigenvalue weighted by Crippen LogP contribution is 2.19. The van der Waals surface area contributed by atoms with Crippen LogP contribution in [0.25, 0.3) is 11.4 Å². The quantitative estimate of drug-likeness (QED) is 0.775. The van der Waals surface area contributed by atoms with Crippen molar-refractivity contribution in [3.8, 4) is 11.4 Å². The van der Waals surface area contributed by atoms with E-state index in [-0.39, 0.29) is 30.0 Å². The Kier molecular flexibility index (Phi) is 4.85. The molecule has 1 atom stereocenters. The third-order valence-corrected chi connectivity index (χ3v) is 6.18. The van der Waals surface area contributed by atoms with Crippen molar-refractivity contribution in [1.82, 2.24) is 25.1 Å². The molecule has 25 heavy (non-hydrogen) atoms. The molecule has 3 rings (SSSR count). The van der Waals surface area contributed by atoms with Crippen LogP contribution in [-0.2, 0) is 21.2 Å². The van der Waals surface area contributed by atoms with Gasteiger partial charge in [0.05, 0.1) is 11.5 Å². The summed E-state index contributed by atoms with van der Waals surface area (Å²) in [4.78, 5) is 15.4. The van der Waals surface area contributed by atoms with Crippen LogP contribution in [0.15, 0.2) is 24.3 Å². The maximum atomic E-state index is 12.6. The molecule has 2 heterocycles. The number of hydrogen-bond acceptors (Lipinski definition) is 6. The molecule has 1 aromatic heterocycles. The fraction of sp³-hybridized carbons (Fsp3) is 0.500. The van der Waals surface area contributed by atoms with E-state index in [2.05, 4.69) is 15.4 Å². The molecule has 9 heteroatoms. The molecule has 0 aliphatic carbocycles. The second kappa shape index (κ2) is 6.91. The molecule has 8 nitrogen and oxygen atoms in total. The zero-order valence-electron chi connectivity index (χ0n) is 14.3. The fourth-order valence-corrected chi connectivity index (χ4v) is 4.84. The summed E-state index contributed by atoms with van der Waals surface area (Å²) in [5, 5.41) is 12.3. The van der Waals surface area contributed by atoms with Crippen molar-refractivity contribution >= 4 is 15.7 Å². The standard InChI is InChI=1S/C16H21N5O3S/c1-3-20(13-8-9-25(23,24)11-13)15(22)10-21-18-16(17-19-21)14-7-5-4-6-12(14)2/h4-7,13H,3,8-11H2,1-2H3/t13-/m0/s1. The first-order valence-corrected chi connectivity index (χ1v) is 10.1. The van der Waals surface area contributed by atoms with Crippen molar-refractivity contribution in [2.75, 3.05) is 18.1 Å². The number of carbonyl (C=O) groups excluding carboxylic acids is 1. The van der Waals surface area contributed by atoms with Crippen LogP contribution >= 0.6 is 0 Å². The van der Waals surface area contributed by atoms with Gasteiger partial charge in [0.25, 0.3) is 0 Å². The van der Waals surface area contributed by atoms with Gasteiger partial charge in [0.2, 0.25) is 11.7 Å². The van der Waals surface area contributed by atoms with Crippen molar-refractivity contribution in [3.63, 3.8) is 0 Å². The molecular formula is C16H21N5O3S. The Bertz CT molecular complexity index is 877. The second-order valence-corrected chi connectivity index (χ2v) is 8.42. The lowest BCUT2D eigenvalue weighted by molar-refractivity contribution is -0.133. The van der Waals surface area contributed by atoms with Gasteiger partial charge in [-0.05, 0) is 31.0 Å². The number of likely N-dealkylation sites (N-methyl/N-ethyl adjacent to an activating group) is 1. The van der Waals surface area contributed by atoms with Gasteiger partial charge in [-0.25, -0.2) is 8.42 Å². The summed E-state index contributed by atoms with van der Waals surface area (Å²) in [6.45, 7) is 4.21. The van der Waals surface area contributed by atoms with Crippen LogP contribution in [0.1, 0.15) is 18.9 Å². The third-order valence-electron chi connectivity index (χ3n) is 4.43. The van der Waals surface area contributed by atoms with Crippen LogP contribution in [0.2, 0.25) is 0 Å². The number of sulfone groups is 1. The number of rotatable bonds is 5.